The Labute approximate surface area is 80.9 Å². The zero-order valence-electron chi connectivity index (χ0n) is 8.74. The van der Waals surface area contributed by atoms with Crippen molar-refractivity contribution >= 4 is 0 Å². The van der Waals surface area contributed by atoms with Gasteiger partial charge in [-0.05, 0) is 45.6 Å². The molecule has 0 aromatic heterocycles. The molecule has 4 unspecified atom stereocenters. The summed E-state index contributed by atoms with van der Waals surface area (Å²) in [5.41, 5.74) is 0. The average Bonchev–Trinajstić information content (AvgIpc) is 2.52. The average molecular weight is 183 g/mol. The highest BCUT2D eigenvalue weighted by atomic mass is 16.3. The highest BCUT2D eigenvalue weighted by Gasteiger charge is 2.38. The van der Waals surface area contributed by atoms with Gasteiger partial charge in [0.1, 0.15) is 0 Å². The second-order valence-electron chi connectivity index (χ2n) is 4.81. The molecular weight excluding hydrogens is 162 g/mol. The first-order valence-corrected chi connectivity index (χ1v) is 5.60. The molecule has 1 heterocycles. The Kier molecular flexibility index (Phi) is 2.61. The summed E-state index contributed by atoms with van der Waals surface area (Å²) < 4.78 is 0. The van der Waals surface area contributed by atoms with E-state index < -0.39 is 0 Å². The van der Waals surface area contributed by atoms with Crippen molar-refractivity contribution in [2.75, 3.05) is 7.05 Å². The van der Waals surface area contributed by atoms with Gasteiger partial charge in [0, 0.05) is 12.1 Å². The largest absolute Gasteiger partial charge is 0.392 e. The topological polar surface area (TPSA) is 23.5 Å². The minimum atomic E-state index is -0.161. The molecule has 76 valence electrons. The van der Waals surface area contributed by atoms with Crippen LogP contribution in [0.2, 0.25) is 0 Å². The third kappa shape index (κ3) is 1.62. The van der Waals surface area contributed by atoms with Gasteiger partial charge < -0.3 is 5.11 Å². The molecule has 2 heteroatoms. The fourth-order valence-electron chi connectivity index (χ4n) is 3.31. The lowest BCUT2D eigenvalue weighted by Crippen LogP contribution is -2.50. The maximum atomic E-state index is 9.63. The normalized spacial score (nSPS) is 43.2. The lowest BCUT2D eigenvalue weighted by molar-refractivity contribution is 0.00512. The molecule has 0 aromatic carbocycles. The highest BCUT2D eigenvalue weighted by Crippen LogP contribution is 2.38. The molecule has 13 heavy (non-hydrogen) atoms. The molecule has 0 spiro atoms. The van der Waals surface area contributed by atoms with Crippen molar-refractivity contribution in [3.05, 3.63) is 0 Å². The number of piperidine rings is 1. The molecule has 0 bridgehead atoms. The third-order valence-electron chi connectivity index (χ3n) is 4.06. The van der Waals surface area contributed by atoms with E-state index in [-0.39, 0.29) is 6.10 Å². The molecular formula is C11H21NO. The quantitative estimate of drug-likeness (QED) is 0.668. The lowest BCUT2D eigenvalue weighted by Gasteiger charge is -2.42. The molecule has 1 aliphatic heterocycles. The molecule has 2 aliphatic rings. The van der Waals surface area contributed by atoms with Crippen LogP contribution in [0.5, 0.6) is 0 Å². The van der Waals surface area contributed by atoms with Crippen LogP contribution in [0.3, 0.4) is 0 Å². The van der Waals surface area contributed by atoms with Crippen molar-refractivity contribution in [3.8, 4) is 0 Å². The van der Waals surface area contributed by atoms with Crippen molar-refractivity contribution in [2.24, 2.45) is 5.92 Å². The molecule has 1 N–H and O–H groups in total. The number of rotatable bonds is 1. The monoisotopic (exact) mass is 183 g/mol. The summed E-state index contributed by atoms with van der Waals surface area (Å²) in [4.78, 5) is 2.44. The number of likely N-dealkylation sites (tertiary alicyclic amines) is 1. The van der Waals surface area contributed by atoms with Crippen LogP contribution in [0, 0.1) is 5.92 Å². The predicted octanol–water partition coefficient (Wildman–Crippen LogP) is 1.63. The van der Waals surface area contributed by atoms with Gasteiger partial charge in [-0.3, -0.25) is 4.90 Å². The standard InChI is InChI=1S/C11H21NO/c1-8(13)10-7-6-9-4-3-5-11(9)12(10)2/h8-11,13H,3-7H2,1-2H3. The first-order valence-electron chi connectivity index (χ1n) is 5.60. The van der Waals surface area contributed by atoms with Crippen molar-refractivity contribution in [1.29, 1.82) is 0 Å². The van der Waals surface area contributed by atoms with E-state index in [9.17, 15) is 5.11 Å². The first kappa shape index (κ1) is 9.47. The Morgan fingerprint density at radius 2 is 2.00 bits per heavy atom. The number of likely N-dealkylation sites (N-methyl/N-ethyl adjacent to an activating group) is 1. The van der Waals surface area contributed by atoms with Crippen molar-refractivity contribution in [3.63, 3.8) is 0 Å². The van der Waals surface area contributed by atoms with E-state index in [1.54, 1.807) is 0 Å². The number of aliphatic hydroxyl groups is 1. The predicted molar refractivity (Wildman–Crippen MR) is 53.6 cm³/mol. The van der Waals surface area contributed by atoms with Crippen LogP contribution in [0.15, 0.2) is 0 Å². The van der Waals surface area contributed by atoms with Gasteiger partial charge in [0.2, 0.25) is 0 Å². The SMILES string of the molecule is CC(O)C1CCC2CCCC2N1C. The van der Waals surface area contributed by atoms with Gasteiger partial charge in [-0.25, -0.2) is 0 Å². The van der Waals surface area contributed by atoms with Gasteiger partial charge in [-0.1, -0.05) is 6.42 Å². The number of hydrogen-bond donors (Lipinski definition) is 1. The number of hydrogen-bond acceptors (Lipinski definition) is 2. The second kappa shape index (κ2) is 3.58. The van der Waals surface area contributed by atoms with E-state index in [1.165, 1.54) is 32.1 Å². The minimum absolute atomic E-state index is 0.161. The smallest absolute Gasteiger partial charge is 0.0667 e. The van der Waals surface area contributed by atoms with Crippen LogP contribution >= 0.6 is 0 Å². The van der Waals surface area contributed by atoms with Crippen LogP contribution in [0.1, 0.15) is 39.0 Å². The molecule has 2 rings (SSSR count). The molecule has 2 nitrogen and oxygen atoms in total. The molecule has 1 aliphatic carbocycles. The van der Waals surface area contributed by atoms with Crippen LogP contribution in [-0.4, -0.2) is 35.2 Å². The zero-order chi connectivity index (χ0) is 9.42. The Morgan fingerprint density at radius 1 is 1.23 bits per heavy atom. The van der Waals surface area contributed by atoms with E-state index in [1.807, 2.05) is 6.92 Å². The van der Waals surface area contributed by atoms with Gasteiger partial charge >= 0.3 is 0 Å². The van der Waals surface area contributed by atoms with E-state index in [2.05, 4.69) is 11.9 Å². The summed E-state index contributed by atoms with van der Waals surface area (Å²) in [7, 11) is 2.19. The zero-order valence-corrected chi connectivity index (χ0v) is 8.74. The van der Waals surface area contributed by atoms with Gasteiger partial charge in [0.25, 0.3) is 0 Å². The second-order valence-corrected chi connectivity index (χ2v) is 4.81. The summed E-state index contributed by atoms with van der Waals surface area (Å²) in [6.45, 7) is 1.93. The van der Waals surface area contributed by atoms with Crippen LogP contribution in [0.25, 0.3) is 0 Å². The van der Waals surface area contributed by atoms with Crippen molar-refractivity contribution < 1.29 is 5.11 Å². The van der Waals surface area contributed by atoms with Crippen LogP contribution < -0.4 is 0 Å². The molecule has 1 saturated carbocycles. The van der Waals surface area contributed by atoms with Gasteiger partial charge in [-0.2, -0.15) is 0 Å². The van der Waals surface area contributed by atoms with Gasteiger partial charge in [0.15, 0.2) is 0 Å². The maximum absolute atomic E-state index is 9.63. The maximum Gasteiger partial charge on any atom is 0.0667 e. The van der Waals surface area contributed by atoms with Crippen LogP contribution in [0.4, 0.5) is 0 Å². The van der Waals surface area contributed by atoms with Crippen LogP contribution in [-0.2, 0) is 0 Å². The highest BCUT2D eigenvalue weighted by molar-refractivity contribution is 4.93. The van der Waals surface area contributed by atoms with Crippen molar-refractivity contribution in [2.45, 2.75) is 57.2 Å². The Morgan fingerprint density at radius 3 is 2.69 bits per heavy atom. The number of nitrogens with zero attached hydrogens (tertiary/aromatic N) is 1. The fraction of sp³-hybridized carbons (Fsp3) is 1.00. The summed E-state index contributed by atoms with van der Waals surface area (Å²) in [5.74, 6) is 0.931. The first-order chi connectivity index (χ1) is 6.20. The van der Waals surface area contributed by atoms with Crippen molar-refractivity contribution in [1.82, 2.24) is 4.90 Å². The molecule has 0 amide bonds. The Balaban J connectivity index is 2.04. The summed E-state index contributed by atoms with van der Waals surface area (Å²) >= 11 is 0. The Bertz CT molecular complexity index is 179. The molecule has 0 radical (unpaired) electrons. The van der Waals surface area contributed by atoms with Gasteiger partial charge in [-0.15, -0.1) is 0 Å². The number of aliphatic hydroxyl groups excluding tert-OH is 1. The Hall–Kier alpha value is -0.0800. The van der Waals surface area contributed by atoms with Gasteiger partial charge in [0.05, 0.1) is 6.10 Å². The number of fused-ring (bicyclic) bond motifs is 1. The molecule has 4 atom stereocenters. The summed E-state index contributed by atoms with van der Waals surface area (Å²) in [5, 5.41) is 9.63. The molecule has 1 saturated heterocycles. The van der Waals surface area contributed by atoms with E-state index in [0.29, 0.717) is 6.04 Å². The van der Waals surface area contributed by atoms with E-state index in [4.69, 9.17) is 0 Å². The summed E-state index contributed by atoms with van der Waals surface area (Å²) in [6.07, 6.45) is 6.53. The van der Waals surface area contributed by atoms with E-state index >= 15 is 0 Å². The molecule has 0 aromatic rings. The summed E-state index contributed by atoms with van der Waals surface area (Å²) in [6, 6.07) is 1.19. The molecule has 2 fully saturated rings. The third-order valence-corrected chi connectivity index (χ3v) is 4.06. The minimum Gasteiger partial charge on any atom is -0.392 e. The fourth-order valence-corrected chi connectivity index (χ4v) is 3.31. The van der Waals surface area contributed by atoms with E-state index in [0.717, 1.165) is 12.0 Å². The lowest BCUT2D eigenvalue weighted by atomic mass is 9.86.